The molecular formula is C26H22N4O7. The summed E-state index contributed by atoms with van der Waals surface area (Å²) in [5.41, 5.74) is 3.01. The lowest BCUT2D eigenvalue weighted by Crippen LogP contribution is -2.57. The second kappa shape index (κ2) is 7.81. The number of carbonyl (C=O) groups is 2. The smallest absolute Gasteiger partial charge is 0.259 e. The molecule has 11 heteroatoms. The zero-order chi connectivity index (χ0) is 25.6. The van der Waals surface area contributed by atoms with E-state index < -0.39 is 49.1 Å². The number of benzene rings is 2. The number of imide groups is 1. The highest BCUT2D eigenvalue weighted by atomic mass is 16.6. The number of nitrogens with one attached hydrogen (secondary N) is 2. The molecule has 5 atom stereocenters. The standard InChI is InChI=1S/C26H22N4O7/c1-36-22-13(9-31)37-26(21(33)20(22)32)30-8-4-6-11-15-17-16(24(34)29-25(17)35)14-10-5-2-3-7-12(10)27-18(14)19(15)28-23(11)30/h2-8,13,20-22,26-27,31-33H,9H2,1H3,(H,29,34,35)/t13-,20-,21-,22-,26-/m1/s1. The zero-order valence-corrected chi connectivity index (χ0v) is 19.5. The average molecular weight is 502 g/mol. The van der Waals surface area contributed by atoms with E-state index in [9.17, 15) is 24.9 Å². The summed E-state index contributed by atoms with van der Waals surface area (Å²) in [6.45, 7) is -0.433. The van der Waals surface area contributed by atoms with Crippen LogP contribution in [0.3, 0.4) is 0 Å². The number of para-hydroxylation sites is 1. The van der Waals surface area contributed by atoms with Gasteiger partial charge in [0, 0.05) is 40.5 Å². The maximum absolute atomic E-state index is 13.0. The molecule has 0 spiro atoms. The largest absolute Gasteiger partial charge is 0.394 e. The predicted octanol–water partition coefficient (Wildman–Crippen LogP) is 1.29. The summed E-state index contributed by atoms with van der Waals surface area (Å²) in [7, 11) is 1.37. The molecule has 2 aromatic carbocycles. The molecule has 37 heavy (non-hydrogen) atoms. The summed E-state index contributed by atoms with van der Waals surface area (Å²) >= 11 is 0. The quantitative estimate of drug-likeness (QED) is 0.231. The van der Waals surface area contributed by atoms with Gasteiger partial charge in [-0.15, -0.1) is 0 Å². The fraction of sp³-hybridized carbons (Fsp3) is 0.269. The van der Waals surface area contributed by atoms with Gasteiger partial charge in [-0.3, -0.25) is 14.9 Å². The van der Waals surface area contributed by atoms with Gasteiger partial charge in [-0.25, -0.2) is 4.98 Å². The second-order valence-electron chi connectivity index (χ2n) is 9.37. The fourth-order valence-corrected chi connectivity index (χ4v) is 5.86. The summed E-state index contributed by atoms with van der Waals surface area (Å²) in [4.78, 5) is 34.2. The van der Waals surface area contributed by atoms with E-state index in [1.165, 1.54) is 7.11 Å². The molecule has 0 aliphatic carbocycles. The Bertz CT molecular complexity index is 1720. The topological polar surface area (TPSA) is 159 Å². The van der Waals surface area contributed by atoms with E-state index in [-0.39, 0.29) is 5.56 Å². The number of aliphatic hydroxyl groups is 3. The summed E-state index contributed by atoms with van der Waals surface area (Å²) in [5, 5.41) is 35.8. The lowest BCUT2D eigenvalue weighted by Gasteiger charge is -2.42. The molecule has 4 aliphatic heterocycles. The highest BCUT2D eigenvalue weighted by Gasteiger charge is 2.46. The molecule has 0 saturated carbocycles. The van der Waals surface area contributed by atoms with Crippen LogP contribution in [0.1, 0.15) is 26.9 Å². The van der Waals surface area contributed by atoms with E-state index in [1.54, 1.807) is 22.9 Å². The molecule has 3 aromatic rings. The van der Waals surface area contributed by atoms with Gasteiger partial charge in [-0.1, -0.05) is 18.2 Å². The van der Waals surface area contributed by atoms with Gasteiger partial charge < -0.3 is 34.3 Å². The van der Waals surface area contributed by atoms with Gasteiger partial charge in [-0.2, -0.15) is 0 Å². The highest BCUT2D eigenvalue weighted by Crippen LogP contribution is 2.45. The molecule has 188 valence electrons. The van der Waals surface area contributed by atoms with Gasteiger partial charge in [0.1, 0.15) is 30.2 Å². The van der Waals surface area contributed by atoms with Crippen LogP contribution < -0.4 is 5.32 Å². The number of amides is 2. The third-order valence-corrected chi connectivity index (χ3v) is 7.48. The first-order valence-corrected chi connectivity index (χ1v) is 11.8. The fourth-order valence-electron chi connectivity index (χ4n) is 5.86. The van der Waals surface area contributed by atoms with Crippen molar-refractivity contribution in [2.24, 2.45) is 0 Å². The minimum atomic E-state index is -1.40. The van der Waals surface area contributed by atoms with Crippen molar-refractivity contribution in [1.82, 2.24) is 19.9 Å². The van der Waals surface area contributed by atoms with E-state index in [1.807, 2.05) is 24.3 Å². The van der Waals surface area contributed by atoms with Crippen LogP contribution in [0.15, 0.2) is 42.6 Å². The van der Waals surface area contributed by atoms with E-state index in [0.29, 0.717) is 38.8 Å². The number of fused-ring (bicyclic) bond motifs is 10. The zero-order valence-electron chi connectivity index (χ0n) is 19.5. The Balaban J connectivity index is 1.53. The molecule has 0 bridgehead atoms. The van der Waals surface area contributed by atoms with Gasteiger partial charge in [0.05, 0.1) is 28.8 Å². The number of hydrogen-bond acceptors (Lipinski definition) is 8. The molecule has 4 aliphatic rings. The Morgan fingerprint density at radius 3 is 2.57 bits per heavy atom. The SMILES string of the molecule is CO[C@H]1[C@H](O)[C@@H](O)[C@H](n2cccc3c4c5c(c6c7ccccc7[nH]c6c4nc2-3)C(=O)NC5=O)O[C@@H]1CO. The molecule has 5 heterocycles. The third-order valence-electron chi connectivity index (χ3n) is 7.48. The Labute approximate surface area is 208 Å². The Morgan fingerprint density at radius 2 is 1.81 bits per heavy atom. The monoisotopic (exact) mass is 502 g/mol. The molecule has 0 unspecified atom stereocenters. The van der Waals surface area contributed by atoms with Crippen molar-refractivity contribution in [1.29, 1.82) is 0 Å². The maximum atomic E-state index is 13.0. The molecule has 1 aromatic heterocycles. The number of aliphatic hydroxyl groups excluding tert-OH is 3. The number of pyridine rings is 1. The number of H-pyrrole nitrogens is 1. The Hall–Kier alpha value is -3.87. The number of nitrogens with zero attached hydrogens (tertiary/aromatic N) is 2. The Kier molecular flexibility index (Phi) is 4.72. The Morgan fingerprint density at radius 1 is 1.05 bits per heavy atom. The molecular weight excluding hydrogens is 480 g/mol. The van der Waals surface area contributed by atoms with Crippen molar-refractivity contribution < 1.29 is 34.4 Å². The van der Waals surface area contributed by atoms with E-state index in [4.69, 9.17) is 14.5 Å². The number of hydrogen-bond donors (Lipinski definition) is 5. The predicted molar refractivity (Wildman–Crippen MR) is 131 cm³/mol. The van der Waals surface area contributed by atoms with Crippen LogP contribution in [0, 0.1) is 0 Å². The number of aromatic nitrogens is 3. The number of methoxy groups -OCH3 is 1. The van der Waals surface area contributed by atoms with Crippen molar-refractivity contribution in [2.45, 2.75) is 30.6 Å². The summed E-state index contributed by atoms with van der Waals surface area (Å²) in [6.07, 6.45) is -4.01. The van der Waals surface area contributed by atoms with Crippen LogP contribution in [0.2, 0.25) is 0 Å². The minimum Gasteiger partial charge on any atom is -0.394 e. The summed E-state index contributed by atoms with van der Waals surface area (Å²) in [6, 6.07) is 11.0. The number of aromatic amines is 1. The summed E-state index contributed by atoms with van der Waals surface area (Å²) < 4.78 is 12.8. The van der Waals surface area contributed by atoms with Crippen LogP contribution in [0.25, 0.3) is 44.1 Å². The molecule has 7 rings (SSSR count). The first kappa shape index (κ1) is 22.3. The van der Waals surface area contributed by atoms with Crippen molar-refractivity contribution in [3.05, 3.63) is 53.7 Å². The van der Waals surface area contributed by atoms with Crippen LogP contribution in [-0.2, 0) is 9.47 Å². The third kappa shape index (κ3) is 2.85. The van der Waals surface area contributed by atoms with Gasteiger partial charge in [0.2, 0.25) is 0 Å². The molecule has 2 amide bonds. The van der Waals surface area contributed by atoms with E-state index in [2.05, 4.69) is 10.3 Å². The van der Waals surface area contributed by atoms with Gasteiger partial charge in [-0.05, 0) is 18.2 Å². The normalized spacial score (nSPS) is 26.0. The molecule has 1 fully saturated rings. The van der Waals surface area contributed by atoms with Crippen molar-refractivity contribution in [2.75, 3.05) is 13.7 Å². The molecule has 11 nitrogen and oxygen atoms in total. The molecule has 5 N–H and O–H groups in total. The van der Waals surface area contributed by atoms with Gasteiger partial charge in [0.15, 0.2) is 6.23 Å². The van der Waals surface area contributed by atoms with Crippen molar-refractivity contribution >= 4 is 44.5 Å². The highest BCUT2D eigenvalue weighted by molar-refractivity contribution is 6.37. The van der Waals surface area contributed by atoms with Crippen LogP contribution in [-0.4, -0.2) is 79.8 Å². The minimum absolute atomic E-state index is 0.246. The number of carbonyl (C=O) groups excluding carboxylic acids is 2. The first-order valence-electron chi connectivity index (χ1n) is 11.8. The van der Waals surface area contributed by atoms with Crippen molar-refractivity contribution in [3.8, 4) is 11.4 Å². The maximum Gasteiger partial charge on any atom is 0.259 e. The number of rotatable bonds is 3. The lowest BCUT2D eigenvalue weighted by molar-refractivity contribution is -0.256. The first-order chi connectivity index (χ1) is 17.9. The summed E-state index contributed by atoms with van der Waals surface area (Å²) in [5.74, 6) is -0.600. The van der Waals surface area contributed by atoms with Crippen LogP contribution in [0.5, 0.6) is 0 Å². The van der Waals surface area contributed by atoms with E-state index in [0.717, 1.165) is 10.9 Å². The van der Waals surface area contributed by atoms with Gasteiger partial charge >= 0.3 is 0 Å². The lowest BCUT2D eigenvalue weighted by atomic mass is 9.95. The van der Waals surface area contributed by atoms with Gasteiger partial charge in [0.25, 0.3) is 11.8 Å². The second-order valence-corrected chi connectivity index (χ2v) is 9.37. The molecule has 0 radical (unpaired) electrons. The van der Waals surface area contributed by atoms with Crippen LogP contribution in [0.4, 0.5) is 0 Å². The molecule has 1 saturated heterocycles. The number of ether oxygens (including phenoxy) is 2. The van der Waals surface area contributed by atoms with E-state index >= 15 is 0 Å². The average Bonchev–Trinajstić information content (AvgIpc) is 3.56. The van der Waals surface area contributed by atoms with Crippen LogP contribution >= 0.6 is 0 Å². The van der Waals surface area contributed by atoms with Crippen molar-refractivity contribution in [3.63, 3.8) is 0 Å².